The third-order valence-corrected chi connectivity index (χ3v) is 14.0. The highest BCUT2D eigenvalue weighted by atomic mass is 28.3. The zero-order valence-corrected chi connectivity index (χ0v) is 20.5. The van der Waals surface area contributed by atoms with Crippen molar-refractivity contribution in [1.82, 2.24) is 14.1 Å². The van der Waals surface area contributed by atoms with Crippen LogP contribution in [0.4, 0.5) is 4.79 Å². The van der Waals surface area contributed by atoms with Crippen LogP contribution in [0.5, 0.6) is 5.88 Å². The van der Waals surface area contributed by atoms with Crippen LogP contribution in [-0.2, 0) is 0 Å². The molecule has 0 spiro atoms. The van der Waals surface area contributed by atoms with Crippen molar-refractivity contribution < 1.29 is 14.6 Å². The number of methoxy groups -OCH3 is 1. The summed E-state index contributed by atoms with van der Waals surface area (Å²) in [5, 5.41) is 9.28. The monoisotopic (exact) mass is 431 g/mol. The zero-order chi connectivity index (χ0) is 22.2. The molecule has 0 saturated carbocycles. The van der Waals surface area contributed by atoms with Gasteiger partial charge in [-0.25, -0.2) is 9.78 Å². The molecule has 2 aromatic rings. The molecule has 0 radical (unpaired) electrons. The molecular formula is C23H37N3O3Si. The first-order chi connectivity index (χ1) is 14.1. The molecule has 6 nitrogen and oxygen atoms in total. The van der Waals surface area contributed by atoms with Gasteiger partial charge in [-0.05, 0) is 53.7 Å². The minimum absolute atomic E-state index is 0.268. The van der Waals surface area contributed by atoms with Gasteiger partial charge in [-0.2, -0.15) is 0 Å². The van der Waals surface area contributed by atoms with Crippen molar-refractivity contribution >= 4 is 25.4 Å². The van der Waals surface area contributed by atoms with E-state index in [1.54, 1.807) is 7.11 Å². The third-order valence-electron chi connectivity index (χ3n) is 7.26. The number of carboxylic acid groups (broad SMARTS) is 1. The number of hydrogen-bond donors (Lipinski definition) is 1. The fourth-order valence-corrected chi connectivity index (χ4v) is 12.7. The van der Waals surface area contributed by atoms with E-state index in [4.69, 9.17) is 9.72 Å². The van der Waals surface area contributed by atoms with Crippen molar-refractivity contribution in [2.45, 2.75) is 76.9 Å². The first-order valence-electron chi connectivity index (χ1n) is 11.2. The number of ether oxygens (including phenoxy) is 1. The summed E-state index contributed by atoms with van der Waals surface area (Å²) in [6.07, 6.45) is 3.03. The second-order valence-corrected chi connectivity index (χ2v) is 15.3. The van der Waals surface area contributed by atoms with E-state index < -0.39 is 14.3 Å². The normalized spacial score (nSPS) is 16.3. The number of fused-ring (bicyclic) bond motifs is 1. The lowest BCUT2D eigenvalue weighted by Gasteiger charge is -2.44. The predicted molar refractivity (Wildman–Crippen MR) is 124 cm³/mol. The predicted octanol–water partition coefficient (Wildman–Crippen LogP) is 5.93. The molecule has 1 N–H and O–H groups in total. The second kappa shape index (κ2) is 8.61. The first kappa shape index (κ1) is 22.7. The van der Waals surface area contributed by atoms with Gasteiger partial charge in [-0.1, -0.05) is 41.5 Å². The molecule has 1 aliphatic heterocycles. The zero-order valence-electron chi connectivity index (χ0n) is 19.5. The molecule has 7 heteroatoms. The van der Waals surface area contributed by atoms with Gasteiger partial charge in [0.2, 0.25) is 5.88 Å². The van der Waals surface area contributed by atoms with Crippen LogP contribution < -0.4 is 4.74 Å². The van der Waals surface area contributed by atoms with Gasteiger partial charge in [-0.15, -0.1) is 0 Å². The lowest BCUT2D eigenvalue weighted by molar-refractivity contribution is 0.132. The Hall–Kier alpha value is -2.02. The number of likely N-dealkylation sites (tertiary alicyclic amines) is 1. The van der Waals surface area contributed by atoms with Crippen LogP contribution in [0.15, 0.2) is 18.3 Å². The third kappa shape index (κ3) is 3.61. The molecule has 2 aromatic heterocycles. The number of nitrogens with zero attached hydrogens (tertiary/aromatic N) is 3. The number of hydrogen-bond acceptors (Lipinski definition) is 3. The van der Waals surface area contributed by atoms with Crippen LogP contribution in [0.3, 0.4) is 0 Å². The fraction of sp³-hybridized carbons (Fsp3) is 0.652. The first-order valence-corrected chi connectivity index (χ1v) is 13.4. The van der Waals surface area contributed by atoms with Gasteiger partial charge >= 0.3 is 6.09 Å². The average molecular weight is 432 g/mol. The molecule has 30 heavy (non-hydrogen) atoms. The number of piperidine rings is 1. The van der Waals surface area contributed by atoms with Crippen molar-refractivity contribution in [2.75, 3.05) is 20.2 Å². The highest BCUT2D eigenvalue weighted by molar-refractivity contribution is 6.82. The van der Waals surface area contributed by atoms with Gasteiger partial charge in [0, 0.05) is 18.7 Å². The lowest BCUT2D eigenvalue weighted by atomic mass is 9.90. The molecule has 166 valence electrons. The standard InChI is InChI=1S/C23H37N3O3Si/c1-15(2)30(16(3)4,17(5)6)26-13-10-20-21(26)14-19(22(24-20)29-7)18-8-11-25(12-9-18)23(27)28/h10,13-18H,8-9,11-12H2,1-7H3,(H,27,28). The smallest absolute Gasteiger partial charge is 0.407 e. The summed E-state index contributed by atoms with van der Waals surface area (Å²) in [4.78, 5) is 17.7. The summed E-state index contributed by atoms with van der Waals surface area (Å²) in [7, 11) is -0.215. The van der Waals surface area contributed by atoms with Crippen LogP contribution in [0.2, 0.25) is 16.6 Å². The highest BCUT2D eigenvalue weighted by Gasteiger charge is 2.45. The maximum absolute atomic E-state index is 11.3. The topological polar surface area (TPSA) is 67.6 Å². The Morgan fingerprint density at radius 3 is 2.17 bits per heavy atom. The van der Waals surface area contributed by atoms with Gasteiger partial charge in [0.15, 0.2) is 8.24 Å². The fourth-order valence-electron chi connectivity index (χ4n) is 6.07. The van der Waals surface area contributed by atoms with E-state index in [1.807, 2.05) is 0 Å². The average Bonchev–Trinajstić information content (AvgIpc) is 3.09. The molecule has 1 aliphatic rings. The van der Waals surface area contributed by atoms with Gasteiger partial charge in [0.05, 0.1) is 18.1 Å². The van der Waals surface area contributed by atoms with Crippen LogP contribution in [0, 0.1) is 0 Å². The molecule has 1 amide bonds. The Morgan fingerprint density at radius 2 is 1.70 bits per heavy atom. The number of amides is 1. The van der Waals surface area contributed by atoms with Crippen molar-refractivity contribution in [2.24, 2.45) is 0 Å². The van der Waals surface area contributed by atoms with Crippen molar-refractivity contribution in [3.05, 3.63) is 23.9 Å². The molecule has 0 atom stereocenters. The van der Waals surface area contributed by atoms with E-state index in [-0.39, 0.29) is 5.92 Å². The van der Waals surface area contributed by atoms with Crippen LogP contribution in [0.1, 0.15) is 65.9 Å². The minimum atomic E-state index is -1.89. The van der Waals surface area contributed by atoms with Gasteiger partial charge < -0.3 is 19.0 Å². The van der Waals surface area contributed by atoms with E-state index in [0.29, 0.717) is 35.6 Å². The van der Waals surface area contributed by atoms with E-state index >= 15 is 0 Å². The lowest BCUT2D eigenvalue weighted by Crippen LogP contribution is -2.51. The summed E-state index contributed by atoms with van der Waals surface area (Å²) in [6.45, 7) is 15.4. The van der Waals surface area contributed by atoms with E-state index in [1.165, 1.54) is 10.4 Å². The van der Waals surface area contributed by atoms with E-state index in [2.05, 4.69) is 64.1 Å². The Morgan fingerprint density at radius 1 is 1.13 bits per heavy atom. The van der Waals surface area contributed by atoms with E-state index in [9.17, 15) is 9.90 Å². The van der Waals surface area contributed by atoms with E-state index in [0.717, 1.165) is 23.9 Å². The number of pyridine rings is 1. The van der Waals surface area contributed by atoms with Gasteiger partial charge in [0.25, 0.3) is 0 Å². The minimum Gasteiger partial charge on any atom is -0.481 e. The maximum atomic E-state index is 11.3. The Balaban J connectivity index is 2.12. The number of carbonyl (C=O) groups is 1. The molecule has 3 heterocycles. The highest BCUT2D eigenvalue weighted by Crippen LogP contribution is 2.45. The molecular weight excluding hydrogens is 394 g/mol. The Labute approximate surface area is 181 Å². The van der Waals surface area contributed by atoms with Crippen LogP contribution in [-0.4, -0.2) is 53.8 Å². The summed E-state index contributed by atoms with van der Waals surface area (Å²) in [5.74, 6) is 0.948. The Kier molecular flexibility index (Phi) is 6.50. The van der Waals surface area contributed by atoms with Crippen molar-refractivity contribution in [1.29, 1.82) is 0 Å². The van der Waals surface area contributed by atoms with Gasteiger partial charge in [-0.3, -0.25) is 0 Å². The molecule has 0 unspecified atom stereocenters. The molecule has 3 rings (SSSR count). The molecule has 0 aromatic carbocycles. The van der Waals surface area contributed by atoms with Crippen molar-refractivity contribution in [3.8, 4) is 5.88 Å². The molecule has 1 saturated heterocycles. The van der Waals surface area contributed by atoms with Gasteiger partial charge in [0.1, 0.15) is 0 Å². The van der Waals surface area contributed by atoms with Crippen molar-refractivity contribution in [3.63, 3.8) is 0 Å². The molecule has 1 fully saturated rings. The quantitative estimate of drug-likeness (QED) is 0.576. The SMILES string of the molecule is COc1nc2ccn([Si](C(C)C)(C(C)C)C(C)C)c2cc1C1CCN(C(=O)O)CC1. The van der Waals surface area contributed by atoms with Crippen LogP contribution in [0.25, 0.3) is 11.0 Å². The number of rotatable bonds is 6. The Bertz CT molecular complexity index is 877. The largest absolute Gasteiger partial charge is 0.481 e. The summed E-state index contributed by atoms with van der Waals surface area (Å²) < 4.78 is 8.27. The molecule has 0 bridgehead atoms. The summed E-state index contributed by atoms with van der Waals surface area (Å²) in [6, 6.07) is 4.42. The summed E-state index contributed by atoms with van der Waals surface area (Å²) in [5.41, 5.74) is 5.09. The number of aromatic nitrogens is 2. The van der Waals surface area contributed by atoms with Crippen LogP contribution >= 0.6 is 0 Å². The second-order valence-electron chi connectivity index (χ2n) is 9.57. The molecule has 0 aliphatic carbocycles. The maximum Gasteiger partial charge on any atom is 0.407 e. The summed E-state index contributed by atoms with van der Waals surface area (Å²) >= 11 is 0.